The van der Waals surface area contributed by atoms with Crippen LogP contribution in [0.15, 0.2) is 18.2 Å². The Morgan fingerprint density at radius 3 is 2.71 bits per heavy atom. The highest BCUT2D eigenvalue weighted by Gasteiger charge is 2.40. The van der Waals surface area contributed by atoms with Crippen LogP contribution in [0.25, 0.3) is 0 Å². The van der Waals surface area contributed by atoms with Gasteiger partial charge in [0.05, 0.1) is 6.54 Å². The van der Waals surface area contributed by atoms with E-state index in [1.807, 2.05) is 0 Å². The number of aryl methyl sites for hydroxylation is 1. The summed E-state index contributed by atoms with van der Waals surface area (Å²) >= 11 is 0. The first-order valence-corrected chi connectivity index (χ1v) is 5.36. The molecule has 1 fully saturated rings. The molecule has 0 bridgehead atoms. The molecule has 0 atom stereocenters. The lowest BCUT2D eigenvalue weighted by Gasteiger charge is -2.17. The molecule has 0 saturated carbocycles. The summed E-state index contributed by atoms with van der Waals surface area (Å²) in [6.07, 6.45) is -0.282. The second kappa shape index (κ2) is 3.98. The molecule has 1 heterocycles. The van der Waals surface area contributed by atoms with Crippen LogP contribution >= 0.6 is 0 Å². The van der Waals surface area contributed by atoms with Gasteiger partial charge in [-0.05, 0) is 30.7 Å². The van der Waals surface area contributed by atoms with E-state index in [2.05, 4.69) is 0 Å². The highest BCUT2D eigenvalue weighted by atomic mass is 19.3. The molecule has 1 N–H and O–H groups in total. The zero-order valence-electron chi connectivity index (χ0n) is 9.41. The van der Waals surface area contributed by atoms with Crippen LogP contribution < -0.4 is 0 Å². The van der Waals surface area contributed by atoms with Gasteiger partial charge in [-0.1, -0.05) is 0 Å². The van der Waals surface area contributed by atoms with Crippen molar-refractivity contribution in [2.45, 2.75) is 19.3 Å². The SMILES string of the molecule is Cc1cc(O)ccc1C(=O)N1CCC(F)(F)C1. The van der Waals surface area contributed by atoms with E-state index in [-0.39, 0.29) is 18.7 Å². The summed E-state index contributed by atoms with van der Waals surface area (Å²) in [6, 6.07) is 4.29. The van der Waals surface area contributed by atoms with Gasteiger partial charge in [-0.15, -0.1) is 0 Å². The second-order valence-electron chi connectivity index (χ2n) is 4.33. The minimum Gasteiger partial charge on any atom is -0.508 e. The van der Waals surface area contributed by atoms with Crippen LogP contribution in [-0.2, 0) is 0 Å². The van der Waals surface area contributed by atoms with Crippen molar-refractivity contribution in [1.82, 2.24) is 4.90 Å². The Bertz CT molecular complexity index is 460. The summed E-state index contributed by atoms with van der Waals surface area (Å²) in [5.74, 6) is -3.12. The van der Waals surface area contributed by atoms with Crippen molar-refractivity contribution in [3.8, 4) is 5.75 Å². The normalized spacial score (nSPS) is 18.4. The zero-order chi connectivity index (χ0) is 12.6. The Morgan fingerprint density at radius 1 is 1.47 bits per heavy atom. The molecular weight excluding hydrogens is 228 g/mol. The van der Waals surface area contributed by atoms with Crippen LogP contribution in [0.3, 0.4) is 0 Å². The Hall–Kier alpha value is -1.65. The number of carbonyl (C=O) groups excluding carboxylic acids is 1. The van der Waals surface area contributed by atoms with Crippen molar-refractivity contribution < 1.29 is 18.7 Å². The maximum absolute atomic E-state index is 13.0. The smallest absolute Gasteiger partial charge is 0.267 e. The van der Waals surface area contributed by atoms with Gasteiger partial charge in [-0.25, -0.2) is 8.78 Å². The number of amides is 1. The fourth-order valence-electron chi connectivity index (χ4n) is 1.97. The Balaban J connectivity index is 2.21. The number of carbonyl (C=O) groups is 1. The van der Waals surface area contributed by atoms with E-state index < -0.39 is 18.4 Å². The number of halogens is 2. The van der Waals surface area contributed by atoms with E-state index in [0.717, 1.165) is 4.90 Å². The number of benzene rings is 1. The van der Waals surface area contributed by atoms with Crippen LogP contribution in [0.2, 0.25) is 0 Å². The molecule has 92 valence electrons. The molecule has 0 unspecified atom stereocenters. The van der Waals surface area contributed by atoms with Crippen LogP contribution in [-0.4, -0.2) is 34.9 Å². The van der Waals surface area contributed by atoms with Crippen molar-refractivity contribution in [1.29, 1.82) is 0 Å². The van der Waals surface area contributed by atoms with E-state index in [0.29, 0.717) is 11.1 Å². The molecule has 0 aliphatic carbocycles. The molecule has 2 rings (SSSR count). The van der Waals surface area contributed by atoms with Crippen LogP contribution in [0.5, 0.6) is 5.75 Å². The van der Waals surface area contributed by atoms with Gasteiger partial charge in [0.2, 0.25) is 0 Å². The van der Waals surface area contributed by atoms with Crippen LogP contribution in [0.4, 0.5) is 8.78 Å². The summed E-state index contributed by atoms with van der Waals surface area (Å²) in [5.41, 5.74) is 0.950. The van der Waals surface area contributed by atoms with Gasteiger partial charge in [0, 0.05) is 18.5 Å². The lowest BCUT2D eigenvalue weighted by Crippen LogP contribution is -2.31. The molecule has 1 aliphatic rings. The van der Waals surface area contributed by atoms with Crippen molar-refractivity contribution in [2.24, 2.45) is 0 Å². The standard InChI is InChI=1S/C12H13F2NO2/c1-8-6-9(16)2-3-10(8)11(17)15-5-4-12(13,14)7-15/h2-3,6,16H,4-5,7H2,1H3. The van der Waals surface area contributed by atoms with Crippen LogP contribution in [0.1, 0.15) is 22.3 Å². The lowest BCUT2D eigenvalue weighted by atomic mass is 10.1. The summed E-state index contributed by atoms with van der Waals surface area (Å²) in [5, 5.41) is 9.22. The van der Waals surface area contributed by atoms with Gasteiger partial charge in [-0.2, -0.15) is 0 Å². The number of likely N-dealkylation sites (tertiary alicyclic amines) is 1. The maximum Gasteiger partial charge on any atom is 0.267 e. The largest absolute Gasteiger partial charge is 0.508 e. The molecular formula is C12H13F2NO2. The topological polar surface area (TPSA) is 40.5 Å². The number of alkyl halides is 2. The van der Waals surface area contributed by atoms with E-state index in [1.165, 1.54) is 18.2 Å². The van der Waals surface area contributed by atoms with Crippen LogP contribution in [0, 0.1) is 6.92 Å². The molecule has 3 nitrogen and oxygen atoms in total. The molecule has 1 aliphatic heterocycles. The first kappa shape index (κ1) is 11.8. The summed E-state index contributed by atoms with van der Waals surface area (Å²) in [6.45, 7) is 1.22. The Morgan fingerprint density at radius 2 is 2.18 bits per heavy atom. The molecule has 0 radical (unpaired) electrons. The van der Waals surface area contributed by atoms with Crippen molar-refractivity contribution in [2.75, 3.05) is 13.1 Å². The molecule has 5 heteroatoms. The van der Waals surface area contributed by atoms with Gasteiger partial charge >= 0.3 is 0 Å². The molecule has 1 aromatic rings. The average Bonchev–Trinajstić information content (AvgIpc) is 2.58. The first-order chi connectivity index (χ1) is 7.89. The van der Waals surface area contributed by atoms with Crippen molar-refractivity contribution in [3.63, 3.8) is 0 Å². The van der Waals surface area contributed by atoms with E-state index in [1.54, 1.807) is 6.92 Å². The summed E-state index contributed by atoms with van der Waals surface area (Å²) < 4.78 is 26.0. The van der Waals surface area contributed by atoms with E-state index in [4.69, 9.17) is 0 Å². The molecule has 17 heavy (non-hydrogen) atoms. The minimum absolute atomic E-state index is 0.0609. The highest BCUT2D eigenvalue weighted by molar-refractivity contribution is 5.96. The first-order valence-electron chi connectivity index (χ1n) is 5.36. The highest BCUT2D eigenvalue weighted by Crippen LogP contribution is 2.28. The lowest BCUT2D eigenvalue weighted by molar-refractivity contribution is 0.0120. The average molecular weight is 241 g/mol. The predicted molar refractivity (Wildman–Crippen MR) is 58.3 cm³/mol. The number of hydrogen-bond donors (Lipinski definition) is 1. The van der Waals surface area contributed by atoms with Gasteiger partial charge < -0.3 is 10.0 Å². The number of rotatable bonds is 1. The number of phenolic OH excluding ortho intramolecular Hbond substituents is 1. The van der Waals surface area contributed by atoms with Gasteiger partial charge in [0.15, 0.2) is 0 Å². The Kier molecular flexibility index (Phi) is 2.77. The molecule has 1 aromatic carbocycles. The monoisotopic (exact) mass is 241 g/mol. The van der Waals surface area contributed by atoms with Gasteiger partial charge in [0.25, 0.3) is 11.8 Å². The summed E-state index contributed by atoms with van der Waals surface area (Å²) in [4.78, 5) is 13.1. The van der Waals surface area contributed by atoms with E-state index >= 15 is 0 Å². The zero-order valence-corrected chi connectivity index (χ0v) is 9.41. The predicted octanol–water partition coefficient (Wildman–Crippen LogP) is 2.18. The van der Waals surface area contributed by atoms with Gasteiger partial charge in [-0.3, -0.25) is 4.79 Å². The number of aromatic hydroxyl groups is 1. The number of hydrogen-bond acceptors (Lipinski definition) is 2. The third-order valence-corrected chi connectivity index (χ3v) is 2.90. The third-order valence-electron chi connectivity index (χ3n) is 2.90. The maximum atomic E-state index is 13.0. The quantitative estimate of drug-likeness (QED) is 0.818. The molecule has 1 amide bonds. The fraction of sp³-hybridized carbons (Fsp3) is 0.417. The van der Waals surface area contributed by atoms with Crippen molar-refractivity contribution >= 4 is 5.91 Å². The third kappa shape index (κ3) is 2.38. The van der Waals surface area contributed by atoms with Gasteiger partial charge in [0.1, 0.15) is 5.75 Å². The second-order valence-corrected chi connectivity index (χ2v) is 4.33. The molecule has 0 aromatic heterocycles. The molecule has 0 spiro atoms. The minimum atomic E-state index is -2.78. The Labute approximate surface area is 97.7 Å². The summed E-state index contributed by atoms with van der Waals surface area (Å²) in [7, 11) is 0. The number of nitrogens with zero attached hydrogens (tertiary/aromatic N) is 1. The number of phenols is 1. The van der Waals surface area contributed by atoms with E-state index in [9.17, 15) is 18.7 Å². The molecule has 1 saturated heterocycles. The van der Waals surface area contributed by atoms with Crippen molar-refractivity contribution in [3.05, 3.63) is 29.3 Å². The fourth-order valence-corrected chi connectivity index (χ4v) is 1.97.